The minimum Gasteiger partial charge on any atom is -0.507 e. The minimum atomic E-state index is -0.755. The number of nitrogens with one attached hydrogen (secondary N) is 2. The molecule has 0 unspecified atom stereocenters. The molecule has 29 heavy (non-hydrogen) atoms. The Morgan fingerprint density at radius 2 is 1.93 bits per heavy atom. The summed E-state index contributed by atoms with van der Waals surface area (Å²) in [5.74, 6) is 0.842. The number of aryl methyl sites for hydroxylation is 1. The molecule has 0 aliphatic rings. The van der Waals surface area contributed by atoms with Crippen molar-refractivity contribution in [1.82, 2.24) is 15.0 Å². The Labute approximate surface area is 163 Å². The largest absolute Gasteiger partial charge is 0.507 e. The lowest BCUT2D eigenvalue weighted by Crippen LogP contribution is -2.14. The zero-order valence-electron chi connectivity index (χ0n) is 15.5. The summed E-state index contributed by atoms with van der Waals surface area (Å²) in [5.41, 5.74) is -0.414. The second kappa shape index (κ2) is 7.12. The Morgan fingerprint density at radius 3 is 2.62 bits per heavy atom. The van der Waals surface area contributed by atoms with Gasteiger partial charge in [0.25, 0.3) is 5.56 Å². The molecule has 0 fully saturated rings. The first kappa shape index (κ1) is 18.2. The molecule has 0 saturated carbocycles. The molecule has 3 N–H and O–H groups in total. The molecule has 1 aromatic carbocycles. The van der Waals surface area contributed by atoms with E-state index in [0.717, 1.165) is 0 Å². The number of H-pyrrole nitrogens is 1. The van der Waals surface area contributed by atoms with Crippen LogP contribution in [0.5, 0.6) is 11.5 Å². The SMILES string of the molecule is COc1ccc(Nc2nc3nccc(-c4c(O)cc(C)oc4=O)c3c(=O)[nH]2)cc1. The average Bonchev–Trinajstić information content (AvgIpc) is 2.67. The summed E-state index contributed by atoms with van der Waals surface area (Å²) >= 11 is 0. The fraction of sp³-hybridized carbons (Fsp3) is 0.100. The molecule has 4 aromatic rings. The maximum Gasteiger partial charge on any atom is 0.347 e. The van der Waals surface area contributed by atoms with Crippen LogP contribution >= 0.6 is 0 Å². The molecule has 4 rings (SSSR count). The van der Waals surface area contributed by atoms with E-state index < -0.39 is 11.2 Å². The Balaban J connectivity index is 1.83. The third-order valence-corrected chi connectivity index (χ3v) is 4.28. The molecule has 0 amide bonds. The van der Waals surface area contributed by atoms with Crippen LogP contribution in [0.15, 0.2) is 56.6 Å². The third kappa shape index (κ3) is 3.41. The van der Waals surface area contributed by atoms with Crippen molar-refractivity contribution in [3.05, 3.63) is 69.1 Å². The number of fused-ring (bicyclic) bond motifs is 1. The highest BCUT2D eigenvalue weighted by Gasteiger charge is 2.18. The lowest BCUT2D eigenvalue weighted by Gasteiger charge is -2.09. The van der Waals surface area contributed by atoms with E-state index in [9.17, 15) is 14.7 Å². The summed E-state index contributed by atoms with van der Waals surface area (Å²) in [6.45, 7) is 1.54. The minimum absolute atomic E-state index is 0.0687. The van der Waals surface area contributed by atoms with Gasteiger partial charge in [0.15, 0.2) is 5.65 Å². The van der Waals surface area contributed by atoms with E-state index in [1.165, 1.54) is 18.3 Å². The molecule has 3 heterocycles. The number of nitrogens with zero attached hydrogens (tertiary/aromatic N) is 2. The van der Waals surface area contributed by atoms with E-state index in [2.05, 4.69) is 20.3 Å². The monoisotopic (exact) mass is 392 g/mol. The summed E-state index contributed by atoms with van der Waals surface area (Å²) in [6.07, 6.45) is 1.40. The van der Waals surface area contributed by atoms with Crippen molar-refractivity contribution in [2.45, 2.75) is 6.92 Å². The van der Waals surface area contributed by atoms with Crippen molar-refractivity contribution in [3.63, 3.8) is 0 Å². The topological polar surface area (TPSA) is 130 Å². The number of benzene rings is 1. The highest BCUT2D eigenvalue weighted by molar-refractivity contribution is 5.93. The van der Waals surface area contributed by atoms with Crippen LogP contribution in [0, 0.1) is 6.92 Å². The summed E-state index contributed by atoms with van der Waals surface area (Å²) in [7, 11) is 1.57. The first-order valence-electron chi connectivity index (χ1n) is 8.60. The molecular weight excluding hydrogens is 376 g/mol. The Bertz CT molecular complexity index is 1330. The molecular formula is C20H16N4O5. The number of pyridine rings is 1. The quantitative estimate of drug-likeness (QED) is 0.483. The van der Waals surface area contributed by atoms with Gasteiger partial charge in [0, 0.05) is 23.5 Å². The van der Waals surface area contributed by atoms with Gasteiger partial charge < -0.3 is 19.6 Å². The van der Waals surface area contributed by atoms with E-state index in [-0.39, 0.29) is 39.6 Å². The second-order valence-corrected chi connectivity index (χ2v) is 6.23. The normalized spacial score (nSPS) is 10.8. The highest BCUT2D eigenvalue weighted by Crippen LogP contribution is 2.30. The molecule has 3 aromatic heterocycles. The summed E-state index contributed by atoms with van der Waals surface area (Å²) < 4.78 is 10.2. The number of ether oxygens (including phenoxy) is 1. The van der Waals surface area contributed by atoms with Gasteiger partial charge in [0.1, 0.15) is 22.8 Å². The van der Waals surface area contributed by atoms with Crippen molar-refractivity contribution >= 4 is 22.7 Å². The zero-order chi connectivity index (χ0) is 20.5. The molecule has 0 bridgehead atoms. The van der Waals surface area contributed by atoms with E-state index in [4.69, 9.17) is 9.15 Å². The number of aromatic nitrogens is 3. The first-order chi connectivity index (χ1) is 14.0. The van der Waals surface area contributed by atoms with Crippen LogP contribution in [0.3, 0.4) is 0 Å². The van der Waals surface area contributed by atoms with Gasteiger partial charge in [-0.2, -0.15) is 4.98 Å². The first-order valence-corrected chi connectivity index (χ1v) is 8.60. The smallest absolute Gasteiger partial charge is 0.347 e. The van der Waals surface area contributed by atoms with Crippen LogP contribution in [-0.2, 0) is 0 Å². The van der Waals surface area contributed by atoms with Crippen molar-refractivity contribution in [3.8, 4) is 22.6 Å². The summed E-state index contributed by atoms with van der Waals surface area (Å²) in [6, 6.07) is 9.82. The number of anilines is 2. The summed E-state index contributed by atoms with van der Waals surface area (Å²) in [5, 5.41) is 13.3. The molecule has 0 radical (unpaired) electrons. The molecule has 0 aliphatic carbocycles. The Kier molecular flexibility index (Phi) is 4.47. The lowest BCUT2D eigenvalue weighted by molar-refractivity contribution is 0.415. The van der Waals surface area contributed by atoms with Gasteiger partial charge in [0.05, 0.1) is 12.5 Å². The number of aromatic hydroxyl groups is 1. The lowest BCUT2D eigenvalue weighted by atomic mass is 10.0. The van der Waals surface area contributed by atoms with Gasteiger partial charge in [-0.05, 0) is 37.3 Å². The number of rotatable bonds is 4. The zero-order valence-corrected chi connectivity index (χ0v) is 15.5. The fourth-order valence-electron chi connectivity index (χ4n) is 2.99. The Morgan fingerprint density at radius 1 is 1.17 bits per heavy atom. The molecule has 0 atom stereocenters. The number of methoxy groups -OCH3 is 1. The van der Waals surface area contributed by atoms with Crippen LogP contribution in [0.1, 0.15) is 5.76 Å². The molecule has 146 valence electrons. The van der Waals surface area contributed by atoms with Gasteiger partial charge in [-0.1, -0.05) is 0 Å². The predicted molar refractivity (Wildman–Crippen MR) is 107 cm³/mol. The van der Waals surface area contributed by atoms with Crippen molar-refractivity contribution < 1.29 is 14.3 Å². The fourth-order valence-corrected chi connectivity index (χ4v) is 2.99. The van der Waals surface area contributed by atoms with E-state index in [0.29, 0.717) is 11.4 Å². The van der Waals surface area contributed by atoms with E-state index in [1.54, 1.807) is 38.3 Å². The third-order valence-electron chi connectivity index (χ3n) is 4.28. The van der Waals surface area contributed by atoms with Crippen LogP contribution in [-0.4, -0.2) is 27.2 Å². The second-order valence-electron chi connectivity index (χ2n) is 6.23. The molecule has 0 aliphatic heterocycles. The number of aromatic amines is 1. The van der Waals surface area contributed by atoms with Crippen molar-refractivity contribution in [2.75, 3.05) is 12.4 Å². The molecule has 9 heteroatoms. The molecule has 0 spiro atoms. The van der Waals surface area contributed by atoms with E-state index >= 15 is 0 Å². The van der Waals surface area contributed by atoms with Crippen LogP contribution in [0.25, 0.3) is 22.2 Å². The van der Waals surface area contributed by atoms with Crippen LogP contribution in [0.2, 0.25) is 0 Å². The van der Waals surface area contributed by atoms with Crippen LogP contribution in [0.4, 0.5) is 11.6 Å². The predicted octanol–water partition coefficient (Wildman–Crippen LogP) is 2.70. The van der Waals surface area contributed by atoms with Crippen molar-refractivity contribution in [2.24, 2.45) is 0 Å². The number of hydrogen-bond donors (Lipinski definition) is 3. The molecule has 9 nitrogen and oxygen atoms in total. The van der Waals surface area contributed by atoms with E-state index in [1.807, 2.05) is 0 Å². The Hall–Kier alpha value is -4.14. The average molecular weight is 392 g/mol. The summed E-state index contributed by atoms with van der Waals surface area (Å²) in [4.78, 5) is 36.1. The highest BCUT2D eigenvalue weighted by atomic mass is 16.5. The maximum absolute atomic E-state index is 12.8. The van der Waals surface area contributed by atoms with Gasteiger partial charge >= 0.3 is 5.63 Å². The van der Waals surface area contributed by atoms with Crippen molar-refractivity contribution in [1.29, 1.82) is 0 Å². The van der Waals surface area contributed by atoms with Gasteiger partial charge in [0.2, 0.25) is 5.95 Å². The van der Waals surface area contributed by atoms with Gasteiger partial charge in [-0.3, -0.25) is 9.78 Å². The molecule has 0 saturated heterocycles. The van der Waals surface area contributed by atoms with Gasteiger partial charge in [-0.15, -0.1) is 0 Å². The maximum atomic E-state index is 12.8. The van der Waals surface area contributed by atoms with Gasteiger partial charge in [-0.25, -0.2) is 9.78 Å². The van der Waals surface area contributed by atoms with Crippen LogP contribution < -0.4 is 21.2 Å². The standard InChI is InChI=1S/C20H16N4O5/c1-10-9-14(25)15(19(27)29-10)13-7-8-21-17-16(13)18(26)24-20(23-17)22-11-3-5-12(28-2)6-4-11/h3-9,25H,1-2H3,(H2,21,22,23,24,26). The number of hydrogen-bond acceptors (Lipinski definition) is 8.